The van der Waals surface area contributed by atoms with Gasteiger partial charge in [0, 0.05) is 12.4 Å². The Morgan fingerprint density at radius 1 is 1.00 bits per heavy atom. The number of rotatable bonds is 3. The van der Waals surface area contributed by atoms with Crippen molar-refractivity contribution in [2.75, 3.05) is 12.4 Å². The molecule has 20 heavy (non-hydrogen) atoms. The quantitative estimate of drug-likeness (QED) is 0.766. The molecule has 0 bridgehead atoms. The fourth-order valence-corrected chi connectivity index (χ4v) is 2.58. The van der Waals surface area contributed by atoms with Gasteiger partial charge in [0.25, 0.3) is 0 Å². The standard InChI is InChI=1S/C18H18N2/c1-13-11-15-9-6-10-16(17(15)20-18(13)19-2)12-14-7-4-3-5-8-14/h3-11H,12H2,1-2H3,(H,19,20). The molecule has 0 aliphatic rings. The average molecular weight is 262 g/mol. The van der Waals surface area contributed by atoms with Crippen molar-refractivity contribution < 1.29 is 0 Å². The van der Waals surface area contributed by atoms with Crippen LogP contribution in [0.15, 0.2) is 54.6 Å². The predicted molar refractivity (Wildman–Crippen MR) is 85.3 cm³/mol. The third-order valence-corrected chi connectivity index (χ3v) is 3.59. The van der Waals surface area contributed by atoms with Crippen LogP contribution in [0, 0.1) is 6.92 Å². The number of nitrogens with zero attached hydrogens (tertiary/aromatic N) is 1. The summed E-state index contributed by atoms with van der Waals surface area (Å²) in [6, 6.07) is 19.1. The summed E-state index contributed by atoms with van der Waals surface area (Å²) < 4.78 is 0. The van der Waals surface area contributed by atoms with Crippen LogP contribution in [-0.2, 0) is 6.42 Å². The molecule has 2 aromatic carbocycles. The Bertz CT molecular complexity index is 733. The van der Waals surface area contributed by atoms with Crippen molar-refractivity contribution in [2.45, 2.75) is 13.3 Å². The second kappa shape index (κ2) is 5.33. The zero-order chi connectivity index (χ0) is 13.9. The Labute approximate surface area is 119 Å². The summed E-state index contributed by atoms with van der Waals surface area (Å²) in [7, 11) is 1.92. The monoisotopic (exact) mass is 262 g/mol. The lowest BCUT2D eigenvalue weighted by Crippen LogP contribution is -1.98. The molecule has 1 N–H and O–H groups in total. The summed E-state index contributed by atoms with van der Waals surface area (Å²) in [5, 5.41) is 4.37. The van der Waals surface area contributed by atoms with Crippen LogP contribution >= 0.6 is 0 Å². The van der Waals surface area contributed by atoms with Crippen molar-refractivity contribution in [2.24, 2.45) is 0 Å². The molecule has 100 valence electrons. The second-order valence-electron chi connectivity index (χ2n) is 5.06. The Morgan fingerprint density at radius 2 is 1.80 bits per heavy atom. The molecule has 0 saturated heterocycles. The first kappa shape index (κ1) is 12.7. The van der Waals surface area contributed by atoms with Crippen molar-refractivity contribution in [1.82, 2.24) is 4.98 Å². The van der Waals surface area contributed by atoms with Gasteiger partial charge in [0.15, 0.2) is 0 Å². The lowest BCUT2D eigenvalue weighted by atomic mass is 10.0. The minimum atomic E-state index is 0.914. The van der Waals surface area contributed by atoms with Gasteiger partial charge in [0.1, 0.15) is 5.82 Å². The first-order chi connectivity index (χ1) is 9.78. The number of para-hydroxylation sites is 1. The van der Waals surface area contributed by atoms with E-state index in [-0.39, 0.29) is 0 Å². The number of benzene rings is 2. The molecule has 0 saturated carbocycles. The smallest absolute Gasteiger partial charge is 0.129 e. The summed E-state index contributed by atoms with van der Waals surface area (Å²) in [5.41, 5.74) is 4.85. The molecule has 1 heterocycles. The molecule has 3 rings (SSSR count). The van der Waals surface area contributed by atoms with Crippen LogP contribution in [0.3, 0.4) is 0 Å². The Hall–Kier alpha value is -2.35. The van der Waals surface area contributed by atoms with Crippen LogP contribution < -0.4 is 5.32 Å². The van der Waals surface area contributed by atoms with Crippen LogP contribution in [0.4, 0.5) is 5.82 Å². The van der Waals surface area contributed by atoms with Gasteiger partial charge in [-0.25, -0.2) is 4.98 Å². The number of hydrogen-bond acceptors (Lipinski definition) is 2. The maximum absolute atomic E-state index is 4.78. The van der Waals surface area contributed by atoms with E-state index >= 15 is 0 Å². The Morgan fingerprint density at radius 3 is 2.55 bits per heavy atom. The number of fused-ring (bicyclic) bond motifs is 1. The molecule has 0 aliphatic heterocycles. The summed E-state index contributed by atoms with van der Waals surface area (Å²) in [4.78, 5) is 4.78. The number of hydrogen-bond donors (Lipinski definition) is 1. The molecule has 0 amide bonds. The summed E-state index contributed by atoms with van der Waals surface area (Å²) in [5.74, 6) is 0.956. The van der Waals surface area contributed by atoms with Gasteiger partial charge in [0.2, 0.25) is 0 Å². The third kappa shape index (κ3) is 2.37. The first-order valence-corrected chi connectivity index (χ1v) is 6.89. The number of pyridine rings is 1. The molecule has 0 atom stereocenters. The molecule has 0 spiro atoms. The highest BCUT2D eigenvalue weighted by Gasteiger charge is 2.07. The number of anilines is 1. The van der Waals surface area contributed by atoms with E-state index in [2.05, 4.69) is 60.8 Å². The normalized spacial score (nSPS) is 10.7. The summed E-state index contributed by atoms with van der Waals surface area (Å²) in [6.45, 7) is 2.09. The molecular weight excluding hydrogens is 244 g/mol. The molecule has 0 radical (unpaired) electrons. The van der Waals surface area contributed by atoms with E-state index in [1.807, 2.05) is 13.1 Å². The molecule has 3 aromatic rings. The Balaban J connectivity index is 2.11. The van der Waals surface area contributed by atoms with E-state index in [1.54, 1.807) is 0 Å². The van der Waals surface area contributed by atoms with Crippen LogP contribution in [0.25, 0.3) is 10.9 Å². The van der Waals surface area contributed by atoms with Gasteiger partial charge in [-0.05, 0) is 36.1 Å². The van der Waals surface area contributed by atoms with E-state index in [0.717, 1.165) is 17.8 Å². The minimum absolute atomic E-state index is 0.914. The maximum atomic E-state index is 4.78. The molecule has 0 aliphatic carbocycles. The van der Waals surface area contributed by atoms with Crippen molar-refractivity contribution >= 4 is 16.7 Å². The van der Waals surface area contributed by atoms with Crippen LogP contribution in [-0.4, -0.2) is 12.0 Å². The van der Waals surface area contributed by atoms with E-state index in [9.17, 15) is 0 Å². The number of aryl methyl sites for hydroxylation is 1. The first-order valence-electron chi connectivity index (χ1n) is 6.89. The van der Waals surface area contributed by atoms with E-state index < -0.39 is 0 Å². The van der Waals surface area contributed by atoms with Gasteiger partial charge in [-0.2, -0.15) is 0 Å². The fraction of sp³-hybridized carbons (Fsp3) is 0.167. The maximum Gasteiger partial charge on any atom is 0.129 e. The topological polar surface area (TPSA) is 24.9 Å². The lowest BCUT2D eigenvalue weighted by Gasteiger charge is -2.10. The number of nitrogens with one attached hydrogen (secondary N) is 1. The van der Waals surface area contributed by atoms with E-state index in [4.69, 9.17) is 4.98 Å². The van der Waals surface area contributed by atoms with Crippen LogP contribution in [0.5, 0.6) is 0 Å². The SMILES string of the molecule is CNc1nc2c(Cc3ccccc3)cccc2cc1C. The van der Waals surface area contributed by atoms with E-state index in [0.29, 0.717) is 0 Å². The zero-order valence-corrected chi connectivity index (χ0v) is 11.9. The van der Waals surface area contributed by atoms with Crippen LogP contribution in [0.2, 0.25) is 0 Å². The molecule has 0 unspecified atom stereocenters. The molecule has 1 aromatic heterocycles. The van der Waals surface area contributed by atoms with Crippen molar-refractivity contribution in [3.05, 3.63) is 71.3 Å². The molecule has 0 fully saturated rings. The average Bonchev–Trinajstić information content (AvgIpc) is 2.48. The van der Waals surface area contributed by atoms with Crippen LogP contribution in [0.1, 0.15) is 16.7 Å². The van der Waals surface area contributed by atoms with Gasteiger partial charge < -0.3 is 5.32 Å². The zero-order valence-electron chi connectivity index (χ0n) is 11.9. The molecule has 2 heteroatoms. The van der Waals surface area contributed by atoms with Crippen molar-refractivity contribution in [3.8, 4) is 0 Å². The van der Waals surface area contributed by atoms with Gasteiger partial charge >= 0.3 is 0 Å². The highest BCUT2D eigenvalue weighted by atomic mass is 15.0. The van der Waals surface area contributed by atoms with Crippen molar-refractivity contribution in [3.63, 3.8) is 0 Å². The Kier molecular flexibility index (Phi) is 3.38. The largest absolute Gasteiger partial charge is 0.373 e. The van der Waals surface area contributed by atoms with Gasteiger partial charge in [0.05, 0.1) is 5.52 Å². The minimum Gasteiger partial charge on any atom is -0.373 e. The predicted octanol–water partition coefficient (Wildman–Crippen LogP) is 4.18. The van der Waals surface area contributed by atoms with Gasteiger partial charge in [-0.1, -0.05) is 48.5 Å². The van der Waals surface area contributed by atoms with Gasteiger partial charge in [-0.15, -0.1) is 0 Å². The summed E-state index contributed by atoms with van der Waals surface area (Å²) >= 11 is 0. The second-order valence-corrected chi connectivity index (χ2v) is 5.06. The van der Waals surface area contributed by atoms with Gasteiger partial charge in [-0.3, -0.25) is 0 Å². The third-order valence-electron chi connectivity index (χ3n) is 3.59. The summed E-state index contributed by atoms with van der Waals surface area (Å²) in [6.07, 6.45) is 0.914. The number of aromatic nitrogens is 1. The highest BCUT2D eigenvalue weighted by molar-refractivity contribution is 5.84. The fourth-order valence-electron chi connectivity index (χ4n) is 2.58. The van der Waals surface area contributed by atoms with E-state index in [1.165, 1.54) is 22.1 Å². The molecule has 2 nitrogen and oxygen atoms in total. The van der Waals surface area contributed by atoms with Crippen molar-refractivity contribution in [1.29, 1.82) is 0 Å². The highest BCUT2D eigenvalue weighted by Crippen LogP contribution is 2.24. The lowest BCUT2D eigenvalue weighted by molar-refractivity contribution is 1.18. The molecular formula is C18H18N2.